The molecular weight excluding hydrogens is 246 g/mol. The Labute approximate surface area is 124 Å². The third kappa shape index (κ3) is 4.58. The van der Waals surface area contributed by atoms with Crippen molar-refractivity contribution in [3.05, 3.63) is 35.4 Å². The smallest absolute Gasteiger partial charge is 0.0233 e. The number of hydrogen-bond acceptors (Lipinski definition) is 3. The summed E-state index contributed by atoms with van der Waals surface area (Å²) >= 11 is 0. The molecule has 3 nitrogen and oxygen atoms in total. The van der Waals surface area contributed by atoms with Crippen LogP contribution in [0.1, 0.15) is 30.9 Å². The quantitative estimate of drug-likeness (QED) is 0.859. The summed E-state index contributed by atoms with van der Waals surface area (Å²) in [4.78, 5) is 4.96. The molecule has 20 heavy (non-hydrogen) atoms. The normalized spacial score (nSPS) is 17.8. The van der Waals surface area contributed by atoms with Crippen molar-refractivity contribution in [2.24, 2.45) is 0 Å². The summed E-state index contributed by atoms with van der Waals surface area (Å²) in [6.07, 6.45) is 2.59. The van der Waals surface area contributed by atoms with Gasteiger partial charge in [-0.3, -0.25) is 4.90 Å². The molecule has 1 fully saturated rings. The third-order valence-electron chi connectivity index (χ3n) is 4.31. The minimum Gasteiger partial charge on any atom is -0.313 e. The van der Waals surface area contributed by atoms with Crippen LogP contribution in [0.15, 0.2) is 24.3 Å². The fourth-order valence-electron chi connectivity index (χ4n) is 2.96. The van der Waals surface area contributed by atoms with Crippen molar-refractivity contribution in [2.45, 2.75) is 38.9 Å². The lowest BCUT2D eigenvalue weighted by atomic mass is 10.0. The fourth-order valence-corrected chi connectivity index (χ4v) is 2.96. The summed E-state index contributed by atoms with van der Waals surface area (Å²) in [6.45, 7) is 7.68. The molecule has 1 saturated heterocycles. The van der Waals surface area contributed by atoms with Gasteiger partial charge in [0.25, 0.3) is 0 Å². The fraction of sp³-hybridized carbons (Fsp3) is 0.647. The lowest BCUT2D eigenvalue weighted by Crippen LogP contribution is -2.41. The summed E-state index contributed by atoms with van der Waals surface area (Å²) < 4.78 is 0. The highest BCUT2D eigenvalue weighted by molar-refractivity contribution is 5.23. The van der Waals surface area contributed by atoms with E-state index in [2.05, 4.69) is 60.4 Å². The second kappa shape index (κ2) is 7.77. The summed E-state index contributed by atoms with van der Waals surface area (Å²) in [5.41, 5.74) is 2.82. The van der Waals surface area contributed by atoms with Gasteiger partial charge < -0.3 is 10.2 Å². The molecule has 1 N–H and O–H groups in total. The van der Waals surface area contributed by atoms with E-state index in [1.807, 2.05) is 0 Å². The van der Waals surface area contributed by atoms with Crippen molar-refractivity contribution in [1.82, 2.24) is 15.1 Å². The standard InChI is InChI=1S/C17H29N3/c1-4-18-13-15-6-5-7-16(12-15)14-20(3)17-8-10-19(2)11-9-17/h5-7,12,17-18H,4,8-11,13-14H2,1-3H3. The summed E-state index contributed by atoms with van der Waals surface area (Å²) in [6, 6.07) is 9.73. The zero-order chi connectivity index (χ0) is 14.4. The number of nitrogens with one attached hydrogen (secondary N) is 1. The third-order valence-corrected chi connectivity index (χ3v) is 4.31. The van der Waals surface area contributed by atoms with Gasteiger partial charge in [0.1, 0.15) is 0 Å². The van der Waals surface area contributed by atoms with Crippen LogP contribution in [0.2, 0.25) is 0 Å². The van der Waals surface area contributed by atoms with Crippen molar-refractivity contribution >= 4 is 0 Å². The van der Waals surface area contributed by atoms with Crippen LogP contribution in [-0.4, -0.2) is 49.6 Å². The van der Waals surface area contributed by atoms with E-state index in [9.17, 15) is 0 Å². The monoisotopic (exact) mass is 275 g/mol. The van der Waals surface area contributed by atoms with Gasteiger partial charge in [-0.25, -0.2) is 0 Å². The van der Waals surface area contributed by atoms with E-state index >= 15 is 0 Å². The predicted octanol–water partition coefficient (Wildman–Crippen LogP) is 2.32. The molecule has 0 aliphatic carbocycles. The van der Waals surface area contributed by atoms with Crippen LogP contribution in [0.3, 0.4) is 0 Å². The van der Waals surface area contributed by atoms with Crippen LogP contribution < -0.4 is 5.32 Å². The van der Waals surface area contributed by atoms with Crippen LogP contribution in [0.25, 0.3) is 0 Å². The van der Waals surface area contributed by atoms with Crippen molar-refractivity contribution in [3.8, 4) is 0 Å². The number of hydrogen-bond donors (Lipinski definition) is 1. The SMILES string of the molecule is CCNCc1cccc(CN(C)C2CCN(C)CC2)c1. The van der Waals surface area contributed by atoms with Crippen molar-refractivity contribution in [2.75, 3.05) is 33.7 Å². The number of rotatable bonds is 6. The predicted molar refractivity (Wildman–Crippen MR) is 85.8 cm³/mol. The van der Waals surface area contributed by atoms with E-state index in [-0.39, 0.29) is 0 Å². The molecule has 0 unspecified atom stereocenters. The first-order valence-corrected chi connectivity index (χ1v) is 7.86. The van der Waals surface area contributed by atoms with E-state index in [1.165, 1.54) is 37.1 Å². The van der Waals surface area contributed by atoms with Gasteiger partial charge in [0.2, 0.25) is 0 Å². The average molecular weight is 275 g/mol. The molecule has 1 aliphatic heterocycles. The largest absolute Gasteiger partial charge is 0.313 e. The Bertz CT molecular complexity index is 397. The van der Waals surface area contributed by atoms with E-state index in [0.29, 0.717) is 0 Å². The van der Waals surface area contributed by atoms with E-state index in [0.717, 1.165) is 25.7 Å². The molecule has 0 amide bonds. The number of nitrogens with zero attached hydrogens (tertiary/aromatic N) is 2. The first-order chi connectivity index (χ1) is 9.69. The van der Waals surface area contributed by atoms with Crippen LogP contribution in [0.4, 0.5) is 0 Å². The molecule has 1 heterocycles. The van der Waals surface area contributed by atoms with Gasteiger partial charge in [-0.2, -0.15) is 0 Å². The zero-order valence-electron chi connectivity index (χ0n) is 13.2. The minimum atomic E-state index is 0.739. The Morgan fingerprint density at radius 1 is 1.25 bits per heavy atom. The molecule has 112 valence electrons. The summed E-state index contributed by atoms with van der Waals surface area (Å²) in [5.74, 6) is 0. The lowest BCUT2D eigenvalue weighted by molar-refractivity contribution is 0.139. The van der Waals surface area contributed by atoms with Gasteiger partial charge in [0, 0.05) is 19.1 Å². The van der Waals surface area contributed by atoms with E-state index in [4.69, 9.17) is 0 Å². The maximum Gasteiger partial charge on any atom is 0.0233 e. The molecule has 0 aromatic heterocycles. The summed E-state index contributed by atoms with van der Waals surface area (Å²) in [5, 5.41) is 3.39. The van der Waals surface area contributed by atoms with Crippen LogP contribution >= 0.6 is 0 Å². The minimum absolute atomic E-state index is 0.739. The van der Waals surface area contributed by atoms with Crippen molar-refractivity contribution < 1.29 is 0 Å². The maximum atomic E-state index is 3.39. The van der Waals surface area contributed by atoms with Crippen LogP contribution in [-0.2, 0) is 13.1 Å². The molecule has 3 heteroatoms. The molecule has 0 atom stereocenters. The van der Waals surface area contributed by atoms with Gasteiger partial charge in [-0.15, -0.1) is 0 Å². The van der Waals surface area contributed by atoms with E-state index in [1.54, 1.807) is 0 Å². The molecule has 1 aliphatic rings. The molecule has 1 aromatic carbocycles. The zero-order valence-corrected chi connectivity index (χ0v) is 13.2. The Morgan fingerprint density at radius 2 is 1.95 bits per heavy atom. The Hall–Kier alpha value is -0.900. The molecular formula is C17H29N3. The van der Waals surface area contributed by atoms with Crippen LogP contribution in [0.5, 0.6) is 0 Å². The van der Waals surface area contributed by atoms with Crippen molar-refractivity contribution in [3.63, 3.8) is 0 Å². The average Bonchev–Trinajstić information content (AvgIpc) is 2.46. The molecule has 0 spiro atoms. The topological polar surface area (TPSA) is 18.5 Å². The first kappa shape index (κ1) is 15.5. The second-order valence-electron chi connectivity index (χ2n) is 6.05. The molecule has 0 saturated carbocycles. The Morgan fingerprint density at radius 3 is 2.65 bits per heavy atom. The highest BCUT2D eigenvalue weighted by atomic mass is 15.2. The molecule has 1 aromatic rings. The highest BCUT2D eigenvalue weighted by Gasteiger charge is 2.20. The van der Waals surface area contributed by atoms with Gasteiger partial charge in [0.05, 0.1) is 0 Å². The Kier molecular flexibility index (Phi) is 6.02. The summed E-state index contributed by atoms with van der Waals surface area (Å²) in [7, 11) is 4.49. The van der Waals surface area contributed by atoms with Gasteiger partial charge in [-0.1, -0.05) is 31.2 Å². The first-order valence-electron chi connectivity index (χ1n) is 7.86. The van der Waals surface area contributed by atoms with E-state index < -0.39 is 0 Å². The molecule has 2 rings (SSSR count). The lowest BCUT2D eigenvalue weighted by Gasteiger charge is -2.35. The number of piperidine rings is 1. The second-order valence-corrected chi connectivity index (χ2v) is 6.05. The number of likely N-dealkylation sites (tertiary alicyclic amines) is 1. The maximum absolute atomic E-state index is 3.39. The molecule has 0 bridgehead atoms. The molecule has 0 radical (unpaired) electrons. The Balaban J connectivity index is 1.88. The van der Waals surface area contributed by atoms with Crippen molar-refractivity contribution in [1.29, 1.82) is 0 Å². The van der Waals surface area contributed by atoms with Gasteiger partial charge in [-0.05, 0) is 57.7 Å². The number of benzene rings is 1. The van der Waals surface area contributed by atoms with Crippen LogP contribution in [0, 0.1) is 0 Å². The highest BCUT2D eigenvalue weighted by Crippen LogP contribution is 2.17. The van der Waals surface area contributed by atoms with Gasteiger partial charge in [0.15, 0.2) is 0 Å². The van der Waals surface area contributed by atoms with Gasteiger partial charge >= 0.3 is 0 Å².